The van der Waals surface area contributed by atoms with Crippen LogP contribution in [0.1, 0.15) is 33.1 Å². The SMILES string of the molecule is CC(N)CCC(=O)NC(C)CC(=O)O. The van der Waals surface area contributed by atoms with E-state index in [-0.39, 0.29) is 24.4 Å². The number of aliphatic carboxylic acids is 1. The zero-order chi connectivity index (χ0) is 11.1. The molecule has 5 heteroatoms. The normalized spacial score (nSPS) is 14.5. The number of nitrogens with one attached hydrogen (secondary N) is 1. The van der Waals surface area contributed by atoms with Crippen LogP contribution in [0.2, 0.25) is 0 Å². The molecule has 0 saturated carbocycles. The van der Waals surface area contributed by atoms with Crippen molar-refractivity contribution >= 4 is 11.9 Å². The van der Waals surface area contributed by atoms with Gasteiger partial charge in [-0.05, 0) is 20.3 Å². The summed E-state index contributed by atoms with van der Waals surface area (Å²) in [7, 11) is 0. The second-order valence-corrected chi connectivity index (χ2v) is 3.58. The number of hydrogen-bond acceptors (Lipinski definition) is 3. The molecule has 1 amide bonds. The number of carbonyl (C=O) groups excluding carboxylic acids is 1. The fraction of sp³-hybridized carbons (Fsp3) is 0.778. The number of carboxylic acid groups (broad SMARTS) is 1. The Kier molecular flexibility index (Phi) is 5.87. The van der Waals surface area contributed by atoms with E-state index in [0.717, 1.165) is 0 Å². The minimum absolute atomic E-state index is 0.00414. The van der Waals surface area contributed by atoms with Gasteiger partial charge in [-0.25, -0.2) is 0 Å². The van der Waals surface area contributed by atoms with Crippen molar-refractivity contribution in [1.29, 1.82) is 0 Å². The van der Waals surface area contributed by atoms with E-state index < -0.39 is 5.97 Å². The lowest BCUT2D eigenvalue weighted by Gasteiger charge is -2.11. The molecule has 0 saturated heterocycles. The van der Waals surface area contributed by atoms with Crippen molar-refractivity contribution in [3.63, 3.8) is 0 Å². The van der Waals surface area contributed by atoms with Crippen LogP contribution in [0, 0.1) is 0 Å². The molecular weight excluding hydrogens is 184 g/mol. The molecule has 0 aliphatic heterocycles. The van der Waals surface area contributed by atoms with Gasteiger partial charge in [0, 0.05) is 18.5 Å². The number of hydrogen-bond donors (Lipinski definition) is 3. The van der Waals surface area contributed by atoms with Gasteiger partial charge < -0.3 is 16.2 Å². The first-order valence-electron chi connectivity index (χ1n) is 4.68. The lowest BCUT2D eigenvalue weighted by molar-refractivity contribution is -0.137. The second-order valence-electron chi connectivity index (χ2n) is 3.58. The van der Waals surface area contributed by atoms with Crippen LogP contribution in [-0.4, -0.2) is 29.1 Å². The molecule has 0 heterocycles. The van der Waals surface area contributed by atoms with Crippen molar-refractivity contribution in [2.24, 2.45) is 5.73 Å². The molecule has 0 aliphatic rings. The van der Waals surface area contributed by atoms with Gasteiger partial charge in [-0.15, -0.1) is 0 Å². The minimum atomic E-state index is -0.912. The van der Waals surface area contributed by atoms with Gasteiger partial charge in [0.1, 0.15) is 0 Å². The van der Waals surface area contributed by atoms with Crippen molar-refractivity contribution in [1.82, 2.24) is 5.32 Å². The smallest absolute Gasteiger partial charge is 0.305 e. The van der Waals surface area contributed by atoms with Crippen LogP contribution < -0.4 is 11.1 Å². The monoisotopic (exact) mass is 202 g/mol. The van der Waals surface area contributed by atoms with Gasteiger partial charge in [-0.3, -0.25) is 9.59 Å². The Morgan fingerprint density at radius 2 is 2.00 bits per heavy atom. The van der Waals surface area contributed by atoms with Gasteiger partial charge in [0.15, 0.2) is 0 Å². The van der Waals surface area contributed by atoms with Crippen LogP contribution in [0.15, 0.2) is 0 Å². The van der Waals surface area contributed by atoms with E-state index in [1.165, 1.54) is 0 Å². The summed E-state index contributed by atoms with van der Waals surface area (Å²) in [5, 5.41) is 11.0. The molecule has 0 aliphatic carbocycles. The Labute approximate surface area is 83.7 Å². The Hall–Kier alpha value is -1.10. The van der Waals surface area contributed by atoms with Crippen LogP contribution >= 0.6 is 0 Å². The third-order valence-corrected chi connectivity index (χ3v) is 1.71. The van der Waals surface area contributed by atoms with E-state index in [4.69, 9.17) is 10.8 Å². The molecule has 14 heavy (non-hydrogen) atoms. The average Bonchev–Trinajstić information content (AvgIpc) is 1.98. The molecule has 0 aromatic carbocycles. The topological polar surface area (TPSA) is 92.4 Å². The highest BCUT2D eigenvalue weighted by molar-refractivity contribution is 5.77. The second kappa shape index (κ2) is 6.37. The largest absolute Gasteiger partial charge is 0.481 e. The van der Waals surface area contributed by atoms with Crippen LogP contribution in [0.25, 0.3) is 0 Å². The van der Waals surface area contributed by atoms with Crippen molar-refractivity contribution < 1.29 is 14.7 Å². The molecule has 2 atom stereocenters. The molecule has 0 aromatic heterocycles. The van der Waals surface area contributed by atoms with Gasteiger partial charge in [0.2, 0.25) is 5.91 Å². The Balaban J connectivity index is 3.66. The van der Waals surface area contributed by atoms with Crippen molar-refractivity contribution in [3.8, 4) is 0 Å². The highest BCUT2D eigenvalue weighted by Gasteiger charge is 2.10. The number of rotatable bonds is 6. The average molecular weight is 202 g/mol. The molecule has 0 bridgehead atoms. The number of amides is 1. The van der Waals surface area contributed by atoms with E-state index in [0.29, 0.717) is 12.8 Å². The summed E-state index contributed by atoms with van der Waals surface area (Å²) >= 11 is 0. The van der Waals surface area contributed by atoms with Crippen molar-refractivity contribution in [2.75, 3.05) is 0 Å². The summed E-state index contributed by atoms with van der Waals surface area (Å²) in [6.45, 7) is 3.49. The highest BCUT2D eigenvalue weighted by Crippen LogP contribution is 1.96. The zero-order valence-electron chi connectivity index (χ0n) is 8.62. The van der Waals surface area contributed by atoms with Crippen LogP contribution in [0.5, 0.6) is 0 Å². The third-order valence-electron chi connectivity index (χ3n) is 1.71. The predicted molar refractivity (Wildman–Crippen MR) is 52.7 cm³/mol. The predicted octanol–water partition coefficient (Wildman–Crippen LogP) is 0.0932. The fourth-order valence-electron chi connectivity index (χ4n) is 1.02. The molecule has 82 valence electrons. The summed E-state index contributed by atoms with van der Waals surface area (Å²) in [5.41, 5.74) is 5.48. The van der Waals surface area contributed by atoms with E-state index in [9.17, 15) is 9.59 Å². The van der Waals surface area contributed by atoms with Crippen LogP contribution in [-0.2, 0) is 9.59 Å². The highest BCUT2D eigenvalue weighted by atomic mass is 16.4. The first-order valence-corrected chi connectivity index (χ1v) is 4.68. The summed E-state index contributed by atoms with van der Waals surface area (Å²) < 4.78 is 0. The Morgan fingerprint density at radius 3 is 2.43 bits per heavy atom. The van der Waals surface area contributed by atoms with Gasteiger partial charge >= 0.3 is 5.97 Å². The summed E-state index contributed by atoms with van der Waals surface area (Å²) in [5.74, 6) is -1.05. The van der Waals surface area contributed by atoms with Gasteiger partial charge in [0.25, 0.3) is 0 Å². The van der Waals surface area contributed by atoms with Crippen LogP contribution in [0.3, 0.4) is 0 Å². The molecule has 0 rings (SSSR count). The maximum atomic E-state index is 11.2. The van der Waals surface area contributed by atoms with Gasteiger partial charge in [-0.2, -0.15) is 0 Å². The van der Waals surface area contributed by atoms with Crippen molar-refractivity contribution in [2.45, 2.75) is 45.2 Å². The molecule has 2 unspecified atom stereocenters. The van der Waals surface area contributed by atoms with E-state index >= 15 is 0 Å². The molecule has 0 fully saturated rings. The van der Waals surface area contributed by atoms with Gasteiger partial charge in [0.05, 0.1) is 6.42 Å². The van der Waals surface area contributed by atoms with Gasteiger partial charge in [-0.1, -0.05) is 0 Å². The van der Waals surface area contributed by atoms with Crippen LogP contribution in [0.4, 0.5) is 0 Å². The standard InChI is InChI=1S/C9H18N2O3/c1-6(10)3-4-8(12)11-7(2)5-9(13)14/h6-7H,3-5,10H2,1-2H3,(H,11,12)(H,13,14). The lowest BCUT2D eigenvalue weighted by Crippen LogP contribution is -2.34. The molecule has 4 N–H and O–H groups in total. The first kappa shape index (κ1) is 12.9. The Bertz CT molecular complexity index is 204. The first-order chi connectivity index (χ1) is 6.41. The Morgan fingerprint density at radius 1 is 1.43 bits per heavy atom. The quantitative estimate of drug-likeness (QED) is 0.569. The third kappa shape index (κ3) is 7.54. The number of nitrogens with two attached hydrogens (primary N) is 1. The van der Waals surface area contributed by atoms with Crippen molar-refractivity contribution in [3.05, 3.63) is 0 Å². The van der Waals surface area contributed by atoms with E-state index in [2.05, 4.69) is 5.32 Å². The minimum Gasteiger partial charge on any atom is -0.481 e. The maximum Gasteiger partial charge on any atom is 0.305 e. The summed E-state index contributed by atoms with van der Waals surface area (Å²) in [6.07, 6.45) is 0.914. The molecule has 0 radical (unpaired) electrons. The lowest BCUT2D eigenvalue weighted by atomic mass is 10.1. The maximum absolute atomic E-state index is 11.2. The summed E-state index contributed by atoms with van der Waals surface area (Å²) in [6, 6.07) is -0.330. The zero-order valence-corrected chi connectivity index (χ0v) is 8.62. The number of carboxylic acids is 1. The van der Waals surface area contributed by atoms with E-state index in [1.807, 2.05) is 6.92 Å². The number of carbonyl (C=O) groups is 2. The summed E-state index contributed by atoms with van der Waals surface area (Å²) in [4.78, 5) is 21.5. The molecule has 5 nitrogen and oxygen atoms in total. The molecular formula is C9H18N2O3. The molecule has 0 aromatic rings. The fourth-order valence-corrected chi connectivity index (χ4v) is 1.02. The molecule has 0 spiro atoms. The van der Waals surface area contributed by atoms with E-state index in [1.54, 1.807) is 6.92 Å².